The number of hydrogen-bond acceptors (Lipinski definition) is 3. The van der Waals surface area contributed by atoms with Crippen LogP contribution >= 0.6 is 0 Å². The number of carbonyl (C=O) groups is 2. The molecule has 114 valence electrons. The van der Waals surface area contributed by atoms with Crippen LogP contribution in [0.3, 0.4) is 0 Å². The van der Waals surface area contributed by atoms with Gasteiger partial charge in [-0.2, -0.15) is 0 Å². The molecule has 2 saturated heterocycles. The molecule has 2 fully saturated rings. The molecule has 2 N–H and O–H groups in total. The Bertz CT molecular complexity index is 369. The SMILES string of the molecule is CC1CCN(C(=O)NCC(C)N2CCCC2)C1C(=O)O. The van der Waals surface area contributed by atoms with Crippen molar-refractivity contribution in [3.8, 4) is 0 Å². The average Bonchev–Trinajstić information content (AvgIpc) is 3.04. The molecule has 0 aromatic heterocycles. The molecule has 3 unspecified atom stereocenters. The van der Waals surface area contributed by atoms with Crippen LogP contribution in [0, 0.1) is 5.92 Å². The first-order valence-corrected chi connectivity index (χ1v) is 7.52. The third kappa shape index (κ3) is 3.23. The van der Waals surface area contributed by atoms with Crippen molar-refractivity contribution in [3.05, 3.63) is 0 Å². The average molecular weight is 283 g/mol. The summed E-state index contributed by atoms with van der Waals surface area (Å²) >= 11 is 0. The van der Waals surface area contributed by atoms with E-state index in [1.165, 1.54) is 17.7 Å². The number of hydrogen-bond donors (Lipinski definition) is 2. The lowest BCUT2D eigenvalue weighted by Crippen LogP contribution is -2.50. The van der Waals surface area contributed by atoms with Gasteiger partial charge in [-0.15, -0.1) is 0 Å². The summed E-state index contributed by atoms with van der Waals surface area (Å²) in [7, 11) is 0. The molecule has 0 radical (unpaired) electrons. The highest BCUT2D eigenvalue weighted by molar-refractivity contribution is 5.83. The smallest absolute Gasteiger partial charge is 0.326 e. The lowest BCUT2D eigenvalue weighted by molar-refractivity contribution is -0.142. The molecule has 0 bridgehead atoms. The topological polar surface area (TPSA) is 72.9 Å². The zero-order valence-corrected chi connectivity index (χ0v) is 12.3. The second kappa shape index (κ2) is 6.43. The Kier molecular flexibility index (Phi) is 4.86. The second-order valence-electron chi connectivity index (χ2n) is 6.02. The maximum Gasteiger partial charge on any atom is 0.326 e. The van der Waals surface area contributed by atoms with Gasteiger partial charge in [-0.05, 0) is 45.2 Å². The molecular formula is C14H25N3O3. The van der Waals surface area contributed by atoms with Crippen LogP contribution < -0.4 is 5.32 Å². The first kappa shape index (κ1) is 15.1. The predicted octanol–water partition coefficient (Wildman–Crippen LogP) is 0.975. The summed E-state index contributed by atoms with van der Waals surface area (Å²) in [5.74, 6) is -0.882. The van der Waals surface area contributed by atoms with E-state index in [-0.39, 0.29) is 11.9 Å². The van der Waals surface area contributed by atoms with E-state index in [2.05, 4.69) is 17.1 Å². The summed E-state index contributed by atoms with van der Waals surface area (Å²) in [5.41, 5.74) is 0. The van der Waals surface area contributed by atoms with E-state index < -0.39 is 12.0 Å². The van der Waals surface area contributed by atoms with Gasteiger partial charge in [-0.25, -0.2) is 9.59 Å². The van der Waals surface area contributed by atoms with Crippen LogP contribution in [-0.2, 0) is 4.79 Å². The Hall–Kier alpha value is -1.30. The quantitative estimate of drug-likeness (QED) is 0.806. The Balaban J connectivity index is 1.83. The number of amides is 2. The third-order valence-electron chi connectivity index (χ3n) is 4.53. The van der Waals surface area contributed by atoms with Crippen LogP contribution in [0.5, 0.6) is 0 Å². The third-order valence-corrected chi connectivity index (χ3v) is 4.53. The summed E-state index contributed by atoms with van der Waals surface area (Å²) in [6, 6.07) is -0.616. The van der Waals surface area contributed by atoms with Crippen LogP contribution in [0.25, 0.3) is 0 Å². The van der Waals surface area contributed by atoms with Crippen molar-refractivity contribution in [3.63, 3.8) is 0 Å². The number of carbonyl (C=O) groups excluding carboxylic acids is 1. The molecule has 2 amide bonds. The Morgan fingerprint density at radius 2 is 1.95 bits per heavy atom. The van der Waals surface area contributed by atoms with E-state index >= 15 is 0 Å². The molecule has 0 aromatic rings. The number of nitrogens with one attached hydrogen (secondary N) is 1. The van der Waals surface area contributed by atoms with Gasteiger partial charge in [0.25, 0.3) is 0 Å². The van der Waals surface area contributed by atoms with Crippen molar-refractivity contribution in [2.24, 2.45) is 5.92 Å². The van der Waals surface area contributed by atoms with Crippen molar-refractivity contribution in [1.29, 1.82) is 0 Å². The summed E-state index contributed by atoms with van der Waals surface area (Å²) in [6.07, 6.45) is 3.21. The molecule has 2 aliphatic rings. The molecule has 0 aliphatic carbocycles. The van der Waals surface area contributed by atoms with Crippen molar-refractivity contribution in [2.45, 2.75) is 45.2 Å². The van der Waals surface area contributed by atoms with E-state index in [1.54, 1.807) is 0 Å². The minimum atomic E-state index is -0.905. The van der Waals surface area contributed by atoms with Crippen LogP contribution in [-0.4, -0.2) is 65.2 Å². The molecule has 0 aromatic carbocycles. The summed E-state index contributed by atoms with van der Waals surface area (Å²) in [5, 5.41) is 12.1. The fraction of sp³-hybridized carbons (Fsp3) is 0.857. The van der Waals surface area contributed by atoms with E-state index in [0.717, 1.165) is 19.5 Å². The van der Waals surface area contributed by atoms with E-state index in [9.17, 15) is 14.7 Å². The molecular weight excluding hydrogens is 258 g/mol. The van der Waals surface area contributed by atoms with Gasteiger partial charge in [0.2, 0.25) is 0 Å². The first-order chi connectivity index (χ1) is 9.50. The summed E-state index contributed by atoms with van der Waals surface area (Å²) < 4.78 is 0. The second-order valence-corrected chi connectivity index (χ2v) is 6.02. The molecule has 2 aliphatic heterocycles. The van der Waals surface area contributed by atoms with Gasteiger partial charge in [0.15, 0.2) is 0 Å². The Morgan fingerprint density at radius 1 is 1.30 bits per heavy atom. The fourth-order valence-electron chi connectivity index (χ4n) is 3.20. The summed E-state index contributed by atoms with van der Waals surface area (Å²) in [4.78, 5) is 27.2. The Labute approximate surface area is 120 Å². The maximum atomic E-state index is 12.2. The predicted molar refractivity (Wildman–Crippen MR) is 75.6 cm³/mol. The highest BCUT2D eigenvalue weighted by Crippen LogP contribution is 2.24. The Morgan fingerprint density at radius 3 is 2.55 bits per heavy atom. The number of carboxylic acid groups (broad SMARTS) is 1. The zero-order valence-electron chi connectivity index (χ0n) is 12.3. The van der Waals surface area contributed by atoms with Gasteiger partial charge in [0, 0.05) is 19.1 Å². The van der Waals surface area contributed by atoms with Crippen molar-refractivity contribution in [1.82, 2.24) is 15.1 Å². The van der Waals surface area contributed by atoms with Crippen molar-refractivity contribution >= 4 is 12.0 Å². The normalized spacial score (nSPS) is 28.6. The lowest BCUT2D eigenvalue weighted by atomic mass is 10.0. The number of aliphatic carboxylic acids is 1. The molecule has 2 heterocycles. The minimum absolute atomic E-state index is 0.0225. The molecule has 3 atom stereocenters. The minimum Gasteiger partial charge on any atom is -0.480 e. The lowest BCUT2D eigenvalue weighted by Gasteiger charge is -2.27. The molecule has 6 nitrogen and oxygen atoms in total. The first-order valence-electron chi connectivity index (χ1n) is 7.52. The van der Waals surface area contributed by atoms with Crippen molar-refractivity contribution in [2.75, 3.05) is 26.2 Å². The fourth-order valence-corrected chi connectivity index (χ4v) is 3.20. The van der Waals surface area contributed by atoms with Crippen LogP contribution in [0.1, 0.15) is 33.1 Å². The maximum absolute atomic E-state index is 12.2. The van der Waals surface area contributed by atoms with Gasteiger partial charge in [-0.3, -0.25) is 4.90 Å². The van der Waals surface area contributed by atoms with Gasteiger partial charge in [0.1, 0.15) is 6.04 Å². The molecule has 2 rings (SSSR count). The zero-order chi connectivity index (χ0) is 14.7. The van der Waals surface area contributed by atoms with Crippen molar-refractivity contribution < 1.29 is 14.7 Å². The monoisotopic (exact) mass is 283 g/mol. The summed E-state index contributed by atoms with van der Waals surface area (Å²) in [6.45, 7) is 7.29. The van der Waals surface area contributed by atoms with Gasteiger partial charge in [-0.1, -0.05) is 6.92 Å². The van der Waals surface area contributed by atoms with Crippen LogP contribution in [0.4, 0.5) is 4.79 Å². The molecule has 20 heavy (non-hydrogen) atoms. The van der Waals surface area contributed by atoms with E-state index in [1.807, 2.05) is 6.92 Å². The number of rotatable bonds is 4. The molecule has 0 saturated carbocycles. The highest BCUT2D eigenvalue weighted by atomic mass is 16.4. The molecule has 6 heteroatoms. The van der Waals surface area contributed by atoms with Gasteiger partial charge < -0.3 is 15.3 Å². The number of nitrogens with zero attached hydrogens (tertiary/aromatic N) is 2. The largest absolute Gasteiger partial charge is 0.480 e. The van der Waals surface area contributed by atoms with E-state index in [4.69, 9.17) is 0 Å². The van der Waals surface area contributed by atoms with Gasteiger partial charge in [0.05, 0.1) is 0 Å². The number of urea groups is 1. The van der Waals surface area contributed by atoms with E-state index in [0.29, 0.717) is 19.1 Å². The van der Waals surface area contributed by atoms with Crippen LogP contribution in [0.2, 0.25) is 0 Å². The standard InChI is InChI=1S/C14H25N3O3/c1-10-5-8-17(12(10)13(18)19)14(20)15-9-11(2)16-6-3-4-7-16/h10-12H,3-9H2,1-2H3,(H,15,20)(H,18,19). The number of carboxylic acids is 1. The van der Waals surface area contributed by atoms with Gasteiger partial charge >= 0.3 is 12.0 Å². The van der Waals surface area contributed by atoms with Crippen LogP contribution in [0.15, 0.2) is 0 Å². The molecule has 0 spiro atoms. The highest BCUT2D eigenvalue weighted by Gasteiger charge is 2.39. The number of likely N-dealkylation sites (tertiary alicyclic amines) is 2.